The molecule has 1 amide bonds. The Morgan fingerprint density at radius 2 is 1.85 bits per heavy atom. The average Bonchev–Trinajstić information content (AvgIpc) is 2.85. The zero-order chi connectivity index (χ0) is 14.0. The van der Waals surface area contributed by atoms with Crippen molar-refractivity contribution >= 4 is 34.8 Å². The van der Waals surface area contributed by atoms with E-state index in [-0.39, 0.29) is 22.6 Å². The quantitative estimate of drug-likeness (QED) is 0.813. The molecule has 0 aromatic heterocycles. The number of hydrogen-bond donors (Lipinski definition) is 2. The van der Waals surface area contributed by atoms with E-state index >= 15 is 0 Å². The number of fused-ring (bicyclic) bond motifs is 5. The molecule has 3 aliphatic rings. The van der Waals surface area contributed by atoms with Crippen molar-refractivity contribution < 1.29 is 9.90 Å². The smallest absolute Gasteiger partial charge is 0.228 e. The number of phenols is 1. The summed E-state index contributed by atoms with van der Waals surface area (Å²) >= 11 is 11.8. The first-order valence-electron chi connectivity index (χ1n) is 7.05. The molecule has 5 heteroatoms. The van der Waals surface area contributed by atoms with Gasteiger partial charge in [-0.3, -0.25) is 4.79 Å². The Bertz CT molecular complexity index is 588. The summed E-state index contributed by atoms with van der Waals surface area (Å²) in [6.45, 7) is 0. The van der Waals surface area contributed by atoms with Gasteiger partial charge in [-0.15, -0.1) is 0 Å². The van der Waals surface area contributed by atoms with E-state index in [1.165, 1.54) is 31.4 Å². The Morgan fingerprint density at radius 3 is 2.50 bits per heavy atom. The molecule has 106 valence electrons. The predicted octanol–water partition coefficient (Wildman–Crippen LogP) is 3.93. The minimum absolute atomic E-state index is 0.00485. The Balaban J connectivity index is 1.52. The number of rotatable bonds is 2. The standard InChI is InChI=1S/C15H15Cl2NO2/c16-8-4-9(17)14(19)10(5-8)18-15(20)13-11-6-1-2-7(3-6)12(11)13/h4-7,11-13,19H,1-3H2,(H,18,20). The van der Waals surface area contributed by atoms with E-state index in [0.717, 1.165) is 11.8 Å². The van der Waals surface area contributed by atoms with Gasteiger partial charge in [-0.2, -0.15) is 0 Å². The number of carbonyl (C=O) groups excluding carboxylic acids is 1. The van der Waals surface area contributed by atoms with Crippen molar-refractivity contribution in [1.82, 2.24) is 0 Å². The molecule has 0 aliphatic heterocycles. The lowest BCUT2D eigenvalue weighted by Crippen LogP contribution is -2.18. The van der Waals surface area contributed by atoms with Crippen LogP contribution in [0.5, 0.6) is 5.75 Å². The second-order valence-corrected chi connectivity index (χ2v) is 7.13. The van der Waals surface area contributed by atoms with Gasteiger partial charge in [-0.05, 0) is 55.1 Å². The fourth-order valence-electron chi connectivity index (χ4n) is 4.55. The van der Waals surface area contributed by atoms with Crippen molar-refractivity contribution in [3.8, 4) is 5.75 Å². The molecule has 3 fully saturated rings. The number of carbonyl (C=O) groups is 1. The number of halogens is 2. The monoisotopic (exact) mass is 311 g/mol. The first-order valence-corrected chi connectivity index (χ1v) is 7.80. The fraction of sp³-hybridized carbons (Fsp3) is 0.533. The van der Waals surface area contributed by atoms with E-state index in [4.69, 9.17) is 23.2 Å². The van der Waals surface area contributed by atoms with Crippen molar-refractivity contribution in [3.63, 3.8) is 0 Å². The number of hydrogen-bond acceptors (Lipinski definition) is 2. The molecule has 2 bridgehead atoms. The molecule has 20 heavy (non-hydrogen) atoms. The molecular formula is C15H15Cl2NO2. The van der Waals surface area contributed by atoms with E-state index in [0.29, 0.717) is 22.5 Å². The largest absolute Gasteiger partial charge is 0.504 e. The zero-order valence-electron chi connectivity index (χ0n) is 10.8. The van der Waals surface area contributed by atoms with Crippen LogP contribution in [-0.2, 0) is 4.79 Å². The van der Waals surface area contributed by atoms with Gasteiger partial charge in [-0.1, -0.05) is 23.2 Å². The number of phenolic OH excluding ortho intramolecular Hbond substituents is 1. The summed E-state index contributed by atoms with van der Waals surface area (Å²) < 4.78 is 0. The first-order chi connectivity index (χ1) is 9.56. The summed E-state index contributed by atoms with van der Waals surface area (Å²) in [5.41, 5.74) is 0.310. The van der Waals surface area contributed by atoms with Crippen LogP contribution >= 0.6 is 23.2 Å². The van der Waals surface area contributed by atoms with Gasteiger partial charge in [0, 0.05) is 10.9 Å². The minimum atomic E-state index is -0.113. The van der Waals surface area contributed by atoms with E-state index in [9.17, 15) is 9.90 Å². The van der Waals surface area contributed by atoms with Gasteiger partial charge in [0.15, 0.2) is 5.75 Å². The molecule has 2 N–H and O–H groups in total. The second-order valence-electron chi connectivity index (χ2n) is 6.29. The molecule has 4 atom stereocenters. The number of aromatic hydroxyl groups is 1. The van der Waals surface area contributed by atoms with Crippen LogP contribution in [0.25, 0.3) is 0 Å². The Labute approximate surface area is 127 Å². The summed E-state index contributed by atoms with van der Waals surface area (Å²) in [5.74, 6) is 2.66. The molecule has 4 unspecified atom stereocenters. The van der Waals surface area contributed by atoms with Crippen molar-refractivity contribution in [2.45, 2.75) is 19.3 Å². The van der Waals surface area contributed by atoms with Gasteiger partial charge in [-0.25, -0.2) is 0 Å². The molecule has 0 radical (unpaired) electrons. The summed E-state index contributed by atoms with van der Waals surface area (Å²) in [7, 11) is 0. The third-order valence-corrected chi connectivity index (χ3v) is 5.83. The molecule has 3 nitrogen and oxygen atoms in total. The Hall–Kier alpha value is -0.930. The third kappa shape index (κ3) is 1.76. The maximum absolute atomic E-state index is 12.4. The lowest BCUT2D eigenvalue weighted by Gasteiger charge is -2.11. The van der Waals surface area contributed by atoms with Gasteiger partial charge in [0.05, 0.1) is 10.7 Å². The van der Waals surface area contributed by atoms with Gasteiger partial charge in [0.1, 0.15) is 0 Å². The van der Waals surface area contributed by atoms with Gasteiger partial charge >= 0.3 is 0 Å². The molecule has 3 saturated carbocycles. The van der Waals surface area contributed by atoms with E-state index < -0.39 is 0 Å². The molecular weight excluding hydrogens is 297 g/mol. The second kappa shape index (κ2) is 4.28. The molecule has 1 aromatic carbocycles. The topological polar surface area (TPSA) is 49.3 Å². The van der Waals surface area contributed by atoms with Crippen molar-refractivity contribution in [2.24, 2.45) is 29.6 Å². The highest BCUT2D eigenvalue weighted by Crippen LogP contribution is 2.69. The first kappa shape index (κ1) is 12.8. The maximum Gasteiger partial charge on any atom is 0.228 e. The highest BCUT2D eigenvalue weighted by molar-refractivity contribution is 6.36. The van der Waals surface area contributed by atoms with Crippen LogP contribution in [0.15, 0.2) is 12.1 Å². The predicted molar refractivity (Wildman–Crippen MR) is 78.1 cm³/mol. The highest BCUT2D eigenvalue weighted by Gasteiger charge is 2.67. The highest BCUT2D eigenvalue weighted by atomic mass is 35.5. The van der Waals surface area contributed by atoms with Gasteiger partial charge < -0.3 is 10.4 Å². The minimum Gasteiger partial charge on any atom is -0.504 e. The van der Waals surface area contributed by atoms with Crippen LogP contribution in [0.4, 0.5) is 5.69 Å². The number of anilines is 1. The van der Waals surface area contributed by atoms with E-state index in [1.807, 2.05) is 0 Å². The lowest BCUT2D eigenvalue weighted by atomic mass is 10.0. The van der Waals surface area contributed by atoms with Crippen molar-refractivity contribution in [3.05, 3.63) is 22.2 Å². The molecule has 0 saturated heterocycles. The number of benzene rings is 1. The van der Waals surface area contributed by atoms with Crippen LogP contribution in [0.2, 0.25) is 10.0 Å². The van der Waals surface area contributed by atoms with Crippen molar-refractivity contribution in [2.75, 3.05) is 5.32 Å². The van der Waals surface area contributed by atoms with Gasteiger partial charge in [0.25, 0.3) is 0 Å². The average molecular weight is 312 g/mol. The number of nitrogens with one attached hydrogen (secondary N) is 1. The molecule has 0 spiro atoms. The summed E-state index contributed by atoms with van der Waals surface area (Å²) in [5, 5.41) is 13.2. The Kier molecular flexibility index (Phi) is 2.74. The summed E-state index contributed by atoms with van der Waals surface area (Å²) in [4.78, 5) is 12.4. The maximum atomic E-state index is 12.4. The molecule has 4 rings (SSSR count). The van der Waals surface area contributed by atoms with E-state index in [2.05, 4.69) is 5.32 Å². The van der Waals surface area contributed by atoms with Gasteiger partial charge in [0.2, 0.25) is 5.91 Å². The fourth-order valence-corrected chi connectivity index (χ4v) is 5.05. The zero-order valence-corrected chi connectivity index (χ0v) is 12.3. The molecule has 0 heterocycles. The van der Waals surface area contributed by atoms with Crippen LogP contribution in [0, 0.1) is 29.6 Å². The van der Waals surface area contributed by atoms with Crippen LogP contribution in [-0.4, -0.2) is 11.0 Å². The molecule has 3 aliphatic carbocycles. The summed E-state index contributed by atoms with van der Waals surface area (Å²) in [6, 6.07) is 2.99. The lowest BCUT2D eigenvalue weighted by molar-refractivity contribution is -0.118. The summed E-state index contributed by atoms with van der Waals surface area (Å²) in [6.07, 6.45) is 3.88. The Morgan fingerprint density at radius 1 is 1.20 bits per heavy atom. The van der Waals surface area contributed by atoms with Crippen LogP contribution < -0.4 is 5.32 Å². The number of amides is 1. The van der Waals surface area contributed by atoms with Crippen LogP contribution in [0.3, 0.4) is 0 Å². The van der Waals surface area contributed by atoms with E-state index in [1.54, 1.807) is 0 Å². The molecule has 1 aromatic rings. The third-order valence-electron chi connectivity index (χ3n) is 5.32. The van der Waals surface area contributed by atoms with Crippen LogP contribution in [0.1, 0.15) is 19.3 Å². The SMILES string of the molecule is O=C(Nc1cc(Cl)cc(Cl)c1O)C1C2C3CCC(C3)C12. The normalized spacial score (nSPS) is 36.8. The van der Waals surface area contributed by atoms with Crippen molar-refractivity contribution in [1.29, 1.82) is 0 Å².